The van der Waals surface area contributed by atoms with Gasteiger partial charge < -0.3 is 27.9 Å². The molecule has 0 saturated heterocycles. The van der Waals surface area contributed by atoms with Gasteiger partial charge in [-0.3, -0.25) is 4.79 Å². The maximum absolute atomic E-state index is 11.6. The highest BCUT2D eigenvalue weighted by Crippen LogP contribution is 2.30. The first-order valence-corrected chi connectivity index (χ1v) is 11.7. The molecular weight excluding hydrogens is 476 g/mol. The summed E-state index contributed by atoms with van der Waals surface area (Å²) < 4.78 is 27.2. The highest BCUT2D eigenvalue weighted by Gasteiger charge is 2.15. The summed E-state index contributed by atoms with van der Waals surface area (Å²) in [6, 6.07) is 18.6. The average molecular weight is 505 g/mol. The normalized spacial score (nSPS) is 11.3. The lowest BCUT2D eigenvalue weighted by molar-refractivity contribution is -0.140. The number of aryl methyl sites for hydroxylation is 1. The Morgan fingerprint density at radius 1 is 0.973 bits per heavy atom. The Morgan fingerprint density at radius 3 is 2.54 bits per heavy atom. The molecule has 2 aromatic carbocycles. The number of benzene rings is 2. The molecule has 0 aliphatic carbocycles. The van der Waals surface area contributed by atoms with E-state index in [9.17, 15) is 4.79 Å². The first kappa shape index (κ1) is 25.6. The Balaban J connectivity index is 1.40. The number of aromatic nitrogens is 1. The fraction of sp³-hybridized carbons (Fsp3) is 0.250. The van der Waals surface area contributed by atoms with Gasteiger partial charge in [-0.1, -0.05) is 41.6 Å². The fourth-order valence-corrected chi connectivity index (χ4v) is 3.52. The monoisotopic (exact) mass is 504 g/mol. The molecule has 0 amide bonds. The molecule has 2 heterocycles. The van der Waals surface area contributed by atoms with Crippen LogP contribution in [0.4, 0.5) is 0 Å². The smallest absolute Gasteiger partial charge is 0.305 e. The van der Waals surface area contributed by atoms with E-state index in [2.05, 4.69) is 10.1 Å². The Labute approximate surface area is 214 Å². The molecule has 9 heteroatoms. The third-order valence-electron chi connectivity index (χ3n) is 5.52. The maximum atomic E-state index is 11.6. The first-order chi connectivity index (χ1) is 18.1. The number of furan rings is 1. The van der Waals surface area contributed by atoms with Crippen molar-refractivity contribution >= 4 is 11.7 Å². The Hall–Kier alpha value is -4.53. The van der Waals surface area contributed by atoms with Crippen LogP contribution in [0.5, 0.6) is 11.5 Å². The third-order valence-corrected chi connectivity index (χ3v) is 5.52. The number of rotatable bonds is 12. The lowest BCUT2D eigenvalue weighted by Crippen LogP contribution is -2.08. The summed E-state index contributed by atoms with van der Waals surface area (Å²) in [6.45, 7) is 2.23. The number of nitrogens with zero attached hydrogens (tertiary/aromatic N) is 2. The van der Waals surface area contributed by atoms with Crippen molar-refractivity contribution in [1.29, 1.82) is 0 Å². The fourth-order valence-electron chi connectivity index (χ4n) is 3.52. The summed E-state index contributed by atoms with van der Waals surface area (Å²) in [5.41, 5.74) is 3.04. The predicted molar refractivity (Wildman–Crippen MR) is 135 cm³/mol. The van der Waals surface area contributed by atoms with Crippen LogP contribution in [0, 0.1) is 6.92 Å². The van der Waals surface area contributed by atoms with Crippen molar-refractivity contribution in [2.45, 2.75) is 33.0 Å². The number of ether oxygens (including phenoxy) is 3. The predicted octanol–water partition coefficient (Wildman–Crippen LogP) is 5.70. The van der Waals surface area contributed by atoms with Gasteiger partial charge in [-0.25, -0.2) is 4.98 Å². The quantitative estimate of drug-likeness (QED) is 0.137. The SMILES string of the molecule is COC(=O)CCC(=NOCc1ccc(OCc2nc(-c3ccco3)oc2C)c(OC)c1)c1ccccc1. The molecule has 0 unspecified atom stereocenters. The second-order valence-corrected chi connectivity index (χ2v) is 8.03. The van der Waals surface area contributed by atoms with Crippen LogP contribution in [0.25, 0.3) is 11.7 Å². The molecule has 0 atom stereocenters. The maximum Gasteiger partial charge on any atom is 0.305 e. The number of carbonyl (C=O) groups excluding carboxylic acids is 1. The van der Waals surface area contributed by atoms with Crippen molar-refractivity contribution in [3.63, 3.8) is 0 Å². The van der Waals surface area contributed by atoms with Gasteiger partial charge in [0.1, 0.15) is 24.7 Å². The van der Waals surface area contributed by atoms with Gasteiger partial charge in [0.15, 0.2) is 17.3 Å². The Kier molecular flexibility index (Phi) is 8.59. The second kappa shape index (κ2) is 12.4. The number of hydrogen-bond acceptors (Lipinski definition) is 9. The molecule has 192 valence electrons. The molecule has 0 radical (unpaired) electrons. The zero-order valence-corrected chi connectivity index (χ0v) is 20.9. The van der Waals surface area contributed by atoms with Crippen LogP contribution >= 0.6 is 0 Å². The molecule has 0 fully saturated rings. The number of carbonyl (C=O) groups is 1. The van der Waals surface area contributed by atoms with E-state index in [-0.39, 0.29) is 25.6 Å². The molecule has 0 aliphatic rings. The van der Waals surface area contributed by atoms with Gasteiger partial charge in [0.25, 0.3) is 5.89 Å². The van der Waals surface area contributed by atoms with E-state index in [0.29, 0.717) is 46.7 Å². The largest absolute Gasteiger partial charge is 0.493 e. The van der Waals surface area contributed by atoms with Crippen LogP contribution in [-0.2, 0) is 27.6 Å². The lowest BCUT2D eigenvalue weighted by atomic mass is 10.1. The highest BCUT2D eigenvalue weighted by atomic mass is 16.6. The highest BCUT2D eigenvalue weighted by molar-refractivity contribution is 6.01. The summed E-state index contributed by atoms with van der Waals surface area (Å²) in [4.78, 5) is 21.7. The number of methoxy groups -OCH3 is 2. The van der Waals surface area contributed by atoms with Crippen molar-refractivity contribution < 1.29 is 32.7 Å². The van der Waals surface area contributed by atoms with E-state index < -0.39 is 0 Å². The van der Waals surface area contributed by atoms with E-state index in [1.807, 2.05) is 49.4 Å². The van der Waals surface area contributed by atoms with E-state index in [4.69, 9.17) is 27.9 Å². The van der Waals surface area contributed by atoms with E-state index >= 15 is 0 Å². The molecular formula is C28H28N2O7. The molecule has 4 aromatic rings. The molecule has 0 N–H and O–H groups in total. The minimum Gasteiger partial charge on any atom is -0.493 e. The molecule has 0 spiro atoms. The molecule has 0 aliphatic heterocycles. The first-order valence-electron chi connectivity index (χ1n) is 11.7. The van der Waals surface area contributed by atoms with Crippen molar-refractivity contribution in [3.05, 3.63) is 89.5 Å². The van der Waals surface area contributed by atoms with Gasteiger partial charge in [-0.15, -0.1) is 0 Å². The summed E-state index contributed by atoms with van der Waals surface area (Å²) in [7, 11) is 2.94. The molecule has 2 aromatic heterocycles. The van der Waals surface area contributed by atoms with Gasteiger partial charge in [0.2, 0.25) is 0 Å². The van der Waals surface area contributed by atoms with Crippen LogP contribution in [0.15, 0.2) is 80.9 Å². The summed E-state index contributed by atoms with van der Waals surface area (Å²) in [6.07, 6.45) is 2.18. The lowest BCUT2D eigenvalue weighted by Gasteiger charge is -2.12. The number of esters is 1. The van der Waals surface area contributed by atoms with Gasteiger partial charge in [0, 0.05) is 6.42 Å². The molecule has 37 heavy (non-hydrogen) atoms. The van der Waals surface area contributed by atoms with Crippen molar-refractivity contribution in [1.82, 2.24) is 4.98 Å². The van der Waals surface area contributed by atoms with Gasteiger partial charge in [-0.2, -0.15) is 0 Å². The van der Waals surface area contributed by atoms with Crippen molar-refractivity contribution in [2.75, 3.05) is 14.2 Å². The Morgan fingerprint density at radius 2 is 1.81 bits per heavy atom. The van der Waals surface area contributed by atoms with Crippen LogP contribution in [-0.4, -0.2) is 30.9 Å². The van der Waals surface area contributed by atoms with Crippen LogP contribution in [0.3, 0.4) is 0 Å². The van der Waals surface area contributed by atoms with Gasteiger partial charge in [0.05, 0.1) is 32.6 Å². The van der Waals surface area contributed by atoms with E-state index in [1.54, 1.807) is 31.6 Å². The molecule has 0 bridgehead atoms. The molecule has 9 nitrogen and oxygen atoms in total. The topological polar surface area (TPSA) is 106 Å². The van der Waals surface area contributed by atoms with Crippen LogP contribution in [0.2, 0.25) is 0 Å². The number of oxazole rings is 1. The average Bonchev–Trinajstić information content (AvgIpc) is 3.60. The van der Waals surface area contributed by atoms with Crippen LogP contribution < -0.4 is 9.47 Å². The summed E-state index contributed by atoms with van der Waals surface area (Å²) in [5.74, 6) is 2.41. The van der Waals surface area contributed by atoms with Gasteiger partial charge in [-0.05, 0) is 42.3 Å². The summed E-state index contributed by atoms with van der Waals surface area (Å²) >= 11 is 0. The van der Waals surface area contributed by atoms with Crippen molar-refractivity contribution in [2.24, 2.45) is 5.16 Å². The van der Waals surface area contributed by atoms with Gasteiger partial charge >= 0.3 is 5.97 Å². The molecule has 0 saturated carbocycles. The standard InChI is InChI=1S/C28H28N2O7/c1-19-23(29-28(37-19)25-10-7-15-34-25)18-35-24-13-11-20(16-26(24)32-2)17-36-30-22(12-14-27(31)33-3)21-8-5-4-6-9-21/h4-11,13,15-16H,12,14,17-18H2,1-3H3. The van der Waals surface area contributed by atoms with E-state index in [1.165, 1.54) is 7.11 Å². The third kappa shape index (κ3) is 6.78. The van der Waals surface area contributed by atoms with E-state index in [0.717, 1.165) is 11.1 Å². The van der Waals surface area contributed by atoms with Crippen molar-refractivity contribution in [3.8, 4) is 23.1 Å². The minimum atomic E-state index is -0.304. The number of oxime groups is 1. The number of hydrogen-bond donors (Lipinski definition) is 0. The second-order valence-electron chi connectivity index (χ2n) is 8.03. The Bertz CT molecular complexity index is 1330. The minimum absolute atomic E-state index is 0.202. The zero-order valence-electron chi connectivity index (χ0n) is 20.9. The molecule has 4 rings (SSSR count). The zero-order chi connectivity index (χ0) is 26.0. The van der Waals surface area contributed by atoms with Crippen LogP contribution in [0.1, 0.15) is 35.4 Å². The summed E-state index contributed by atoms with van der Waals surface area (Å²) in [5, 5.41) is 4.29.